The zero-order valence-electron chi connectivity index (χ0n) is 22.6. The Morgan fingerprint density at radius 2 is 1.73 bits per heavy atom. The number of sulfonamides is 1. The number of amides is 2. The Balaban J connectivity index is 2.07. The average molecular weight is 651 g/mol. The molecule has 1 N–H and O–H groups in total. The van der Waals surface area contributed by atoms with Crippen LogP contribution in [0, 0.1) is 0 Å². The van der Waals surface area contributed by atoms with Crippen LogP contribution >= 0.6 is 27.5 Å². The molecule has 0 bridgehead atoms. The normalized spacial score (nSPS) is 11.9. The molecule has 8 nitrogen and oxygen atoms in total. The highest BCUT2D eigenvalue weighted by atomic mass is 79.9. The number of ether oxygens (including phenoxy) is 1. The number of para-hydroxylation sites is 2. The van der Waals surface area contributed by atoms with Gasteiger partial charge in [0.15, 0.2) is 0 Å². The van der Waals surface area contributed by atoms with Gasteiger partial charge in [-0.05, 0) is 74.4 Å². The Kier molecular flexibility index (Phi) is 11.4. The van der Waals surface area contributed by atoms with Crippen LogP contribution in [0.3, 0.4) is 0 Å². The number of nitrogens with zero attached hydrogens (tertiary/aromatic N) is 2. The standard InChI is InChI=1S/C29H33BrClN3O5S/c1-4-17-32-29(36)21(3)33(19-22-9-8-10-23(30)18-22)28(35)20-34(26-11-6-7-12-27(26)39-5-2)40(37,38)25-15-13-24(31)14-16-25/h6-16,18,21H,4-5,17,19-20H2,1-3H3,(H,32,36)/t21-/m1/s1. The van der Waals surface area contributed by atoms with Gasteiger partial charge in [0.2, 0.25) is 11.8 Å². The number of carbonyl (C=O) groups is 2. The number of anilines is 1. The SMILES string of the molecule is CCCNC(=O)[C@@H](C)N(Cc1cccc(Br)c1)C(=O)CN(c1ccccc1OCC)S(=O)(=O)c1ccc(Cl)cc1. The minimum absolute atomic E-state index is 0.0386. The first-order valence-electron chi connectivity index (χ1n) is 12.9. The second-order valence-electron chi connectivity index (χ2n) is 8.98. The molecule has 1 atom stereocenters. The van der Waals surface area contributed by atoms with Crippen LogP contribution in [0.25, 0.3) is 0 Å². The molecule has 3 aromatic rings. The van der Waals surface area contributed by atoms with Crippen LogP contribution in [0.4, 0.5) is 5.69 Å². The molecule has 214 valence electrons. The van der Waals surface area contributed by atoms with Crippen molar-refractivity contribution in [2.24, 2.45) is 0 Å². The summed E-state index contributed by atoms with van der Waals surface area (Å²) in [4.78, 5) is 28.3. The molecule has 3 aromatic carbocycles. The number of benzene rings is 3. The molecule has 11 heteroatoms. The Hall–Kier alpha value is -3.08. The van der Waals surface area contributed by atoms with Crippen LogP contribution in [-0.2, 0) is 26.2 Å². The molecule has 2 amide bonds. The van der Waals surface area contributed by atoms with Crippen molar-refractivity contribution in [3.05, 3.63) is 87.9 Å². The van der Waals surface area contributed by atoms with Crippen LogP contribution in [0.15, 0.2) is 82.2 Å². The highest BCUT2D eigenvalue weighted by molar-refractivity contribution is 9.10. The van der Waals surface area contributed by atoms with E-state index in [1.54, 1.807) is 38.1 Å². The Morgan fingerprint density at radius 1 is 1.02 bits per heavy atom. The van der Waals surface area contributed by atoms with Gasteiger partial charge >= 0.3 is 0 Å². The van der Waals surface area contributed by atoms with Gasteiger partial charge in [0.25, 0.3) is 10.0 Å². The molecule has 0 fully saturated rings. The summed E-state index contributed by atoms with van der Waals surface area (Å²) in [7, 11) is -4.24. The fourth-order valence-corrected chi connectivity index (χ4v) is 6.00. The summed E-state index contributed by atoms with van der Waals surface area (Å²) in [5.74, 6) is -0.572. The number of nitrogens with one attached hydrogen (secondary N) is 1. The lowest BCUT2D eigenvalue weighted by molar-refractivity contribution is -0.139. The van der Waals surface area contributed by atoms with E-state index in [4.69, 9.17) is 16.3 Å². The second kappa shape index (κ2) is 14.5. The summed E-state index contributed by atoms with van der Waals surface area (Å²) in [6.07, 6.45) is 0.735. The summed E-state index contributed by atoms with van der Waals surface area (Å²) in [5, 5.41) is 3.21. The van der Waals surface area contributed by atoms with E-state index in [1.165, 1.54) is 29.2 Å². The molecule has 0 radical (unpaired) electrons. The van der Waals surface area contributed by atoms with E-state index in [0.717, 1.165) is 20.8 Å². The third-order valence-corrected chi connectivity index (χ3v) is 8.59. The zero-order valence-corrected chi connectivity index (χ0v) is 25.8. The van der Waals surface area contributed by atoms with E-state index in [-0.39, 0.29) is 23.0 Å². The molecule has 0 spiro atoms. The largest absolute Gasteiger partial charge is 0.492 e. The molecular weight excluding hydrogens is 618 g/mol. The lowest BCUT2D eigenvalue weighted by Gasteiger charge is -2.32. The molecule has 40 heavy (non-hydrogen) atoms. The summed E-state index contributed by atoms with van der Waals surface area (Å²) in [5.41, 5.74) is 0.984. The van der Waals surface area contributed by atoms with Crippen LogP contribution in [-0.4, -0.2) is 50.9 Å². The van der Waals surface area contributed by atoms with E-state index in [0.29, 0.717) is 23.9 Å². The van der Waals surface area contributed by atoms with Crippen molar-refractivity contribution in [1.29, 1.82) is 0 Å². The monoisotopic (exact) mass is 649 g/mol. The molecule has 0 aliphatic rings. The van der Waals surface area contributed by atoms with E-state index in [2.05, 4.69) is 21.2 Å². The molecule has 0 aliphatic heterocycles. The molecule has 0 unspecified atom stereocenters. The van der Waals surface area contributed by atoms with Gasteiger partial charge < -0.3 is 15.0 Å². The van der Waals surface area contributed by atoms with Gasteiger partial charge in [0.05, 0.1) is 17.2 Å². The number of carbonyl (C=O) groups excluding carboxylic acids is 2. The van der Waals surface area contributed by atoms with Crippen LogP contribution < -0.4 is 14.4 Å². The molecule has 0 aliphatic carbocycles. The van der Waals surface area contributed by atoms with Gasteiger partial charge in [-0.3, -0.25) is 13.9 Å². The first-order valence-corrected chi connectivity index (χ1v) is 15.5. The predicted octanol–water partition coefficient (Wildman–Crippen LogP) is 5.64. The van der Waals surface area contributed by atoms with Gasteiger partial charge in [-0.1, -0.05) is 58.7 Å². The second-order valence-corrected chi connectivity index (χ2v) is 12.2. The minimum Gasteiger partial charge on any atom is -0.492 e. The van der Waals surface area contributed by atoms with Crippen LogP contribution in [0.1, 0.15) is 32.8 Å². The fraction of sp³-hybridized carbons (Fsp3) is 0.310. The first kappa shape index (κ1) is 31.4. The Bertz CT molecular complexity index is 1420. The van der Waals surface area contributed by atoms with E-state index >= 15 is 0 Å². The van der Waals surface area contributed by atoms with Gasteiger partial charge in [0.1, 0.15) is 18.3 Å². The minimum atomic E-state index is -4.24. The number of hydrogen-bond donors (Lipinski definition) is 1. The summed E-state index contributed by atoms with van der Waals surface area (Å²) >= 11 is 9.46. The van der Waals surface area contributed by atoms with Crippen molar-refractivity contribution in [1.82, 2.24) is 10.2 Å². The Morgan fingerprint density at radius 3 is 2.38 bits per heavy atom. The van der Waals surface area contributed by atoms with Gasteiger partial charge in [-0.15, -0.1) is 0 Å². The predicted molar refractivity (Wildman–Crippen MR) is 161 cm³/mol. The van der Waals surface area contributed by atoms with Crippen LogP contribution in [0.5, 0.6) is 5.75 Å². The first-order chi connectivity index (χ1) is 19.1. The van der Waals surface area contributed by atoms with Gasteiger partial charge in [-0.2, -0.15) is 0 Å². The highest BCUT2D eigenvalue weighted by Gasteiger charge is 2.33. The van der Waals surface area contributed by atoms with Crippen molar-refractivity contribution in [3.63, 3.8) is 0 Å². The maximum Gasteiger partial charge on any atom is 0.264 e. The quantitative estimate of drug-likeness (QED) is 0.258. The summed E-state index contributed by atoms with van der Waals surface area (Å²) in [6.45, 7) is 5.65. The molecular formula is C29H33BrClN3O5S. The summed E-state index contributed by atoms with van der Waals surface area (Å²) < 4.78 is 35.5. The third-order valence-electron chi connectivity index (χ3n) is 6.07. The Labute approximate surface area is 249 Å². The summed E-state index contributed by atoms with van der Waals surface area (Å²) in [6, 6.07) is 18.9. The van der Waals surface area contributed by atoms with Crippen molar-refractivity contribution in [2.75, 3.05) is 24.0 Å². The van der Waals surface area contributed by atoms with Crippen molar-refractivity contribution in [2.45, 2.75) is 44.7 Å². The highest BCUT2D eigenvalue weighted by Crippen LogP contribution is 2.33. The van der Waals surface area contributed by atoms with Crippen LogP contribution in [0.2, 0.25) is 5.02 Å². The molecule has 0 saturated carbocycles. The van der Waals surface area contributed by atoms with E-state index in [9.17, 15) is 18.0 Å². The average Bonchev–Trinajstić information content (AvgIpc) is 2.93. The topological polar surface area (TPSA) is 96.0 Å². The maximum atomic E-state index is 14.0. The van der Waals surface area contributed by atoms with Crippen molar-refractivity contribution in [3.8, 4) is 5.75 Å². The lowest BCUT2D eigenvalue weighted by atomic mass is 10.1. The van der Waals surface area contributed by atoms with E-state index in [1.807, 2.05) is 31.2 Å². The van der Waals surface area contributed by atoms with Gasteiger partial charge in [-0.25, -0.2) is 8.42 Å². The third kappa shape index (κ3) is 7.99. The van der Waals surface area contributed by atoms with Crippen molar-refractivity contribution < 1.29 is 22.7 Å². The smallest absolute Gasteiger partial charge is 0.264 e. The zero-order chi connectivity index (χ0) is 29.3. The molecule has 0 aromatic heterocycles. The number of rotatable bonds is 13. The van der Waals surface area contributed by atoms with Crippen molar-refractivity contribution >= 4 is 55.1 Å². The number of halogens is 2. The fourth-order valence-electron chi connectivity index (χ4n) is 4.00. The van der Waals surface area contributed by atoms with E-state index < -0.39 is 28.5 Å². The van der Waals surface area contributed by atoms with Gasteiger partial charge in [0, 0.05) is 22.6 Å². The molecule has 3 rings (SSSR count). The number of hydrogen-bond acceptors (Lipinski definition) is 5. The lowest BCUT2D eigenvalue weighted by Crippen LogP contribution is -2.51. The molecule has 0 saturated heterocycles. The maximum absolute atomic E-state index is 14.0. The molecule has 0 heterocycles.